The van der Waals surface area contributed by atoms with Gasteiger partial charge in [-0.25, -0.2) is 0 Å². The summed E-state index contributed by atoms with van der Waals surface area (Å²) in [6, 6.07) is 11.1. The molecule has 126 valence electrons. The first-order valence-electron chi connectivity index (χ1n) is 7.74. The van der Waals surface area contributed by atoms with Gasteiger partial charge in [0.2, 0.25) is 5.91 Å². The average Bonchev–Trinajstić information content (AvgIpc) is 3.30. The molecule has 0 aliphatic carbocycles. The Hall–Kier alpha value is -2.73. The third-order valence-electron chi connectivity index (χ3n) is 3.68. The number of hydrogen-bond acceptors (Lipinski definition) is 5. The lowest BCUT2D eigenvalue weighted by Crippen LogP contribution is -2.37. The minimum atomic E-state index is 0.00418. The van der Waals surface area contributed by atoms with E-state index in [-0.39, 0.29) is 12.5 Å². The zero-order chi connectivity index (χ0) is 16.8. The van der Waals surface area contributed by atoms with Crippen molar-refractivity contribution in [3.8, 4) is 0 Å². The van der Waals surface area contributed by atoms with Crippen molar-refractivity contribution in [2.24, 2.45) is 0 Å². The molecule has 0 bridgehead atoms. The van der Waals surface area contributed by atoms with E-state index in [1.165, 1.54) is 0 Å². The van der Waals surface area contributed by atoms with Crippen molar-refractivity contribution < 1.29 is 18.0 Å². The molecule has 0 N–H and O–H groups in total. The average molecular weight is 328 g/mol. The van der Waals surface area contributed by atoms with Crippen molar-refractivity contribution in [1.29, 1.82) is 0 Å². The quantitative estimate of drug-likeness (QED) is 0.636. The van der Waals surface area contributed by atoms with Gasteiger partial charge >= 0.3 is 0 Å². The molecule has 0 unspecified atom stereocenters. The minimum Gasteiger partial charge on any atom is -0.468 e. The van der Waals surface area contributed by atoms with Crippen LogP contribution in [0.1, 0.15) is 17.3 Å². The van der Waals surface area contributed by atoms with E-state index in [1.54, 1.807) is 30.7 Å². The first-order chi connectivity index (χ1) is 11.7. The fourth-order valence-electron chi connectivity index (χ4n) is 2.45. The summed E-state index contributed by atoms with van der Waals surface area (Å²) in [4.78, 5) is 16.2. The second kappa shape index (κ2) is 7.70. The standard InChI is InChI=1S/C18H20N2O4/c1-19(11-15-5-2-8-22-15)18(21)14-20(12-16-6-3-9-23-16)13-17-7-4-10-24-17/h2-10H,11-14H2,1H3. The predicted molar refractivity (Wildman–Crippen MR) is 86.7 cm³/mol. The van der Waals surface area contributed by atoms with E-state index >= 15 is 0 Å². The predicted octanol–water partition coefficient (Wildman–Crippen LogP) is 3.13. The molecule has 0 aromatic carbocycles. The second-order valence-corrected chi connectivity index (χ2v) is 5.63. The van der Waals surface area contributed by atoms with Crippen LogP contribution in [-0.2, 0) is 24.4 Å². The van der Waals surface area contributed by atoms with Gasteiger partial charge in [0.1, 0.15) is 17.3 Å². The molecule has 0 aliphatic rings. The molecule has 6 heteroatoms. The summed E-state index contributed by atoms with van der Waals surface area (Å²) in [7, 11) is 1.77. The van der Waals surface area contributed by atoms with Crippen molar-refractivity contribution in [2.45, 2.75) is 19.6 Å². The molecule has 3 rings (SSSR count). The first-order valence-corrected chi connectivity index (χ1v) is 7.74. The Kier molecular flexibility index (Phi) is 5.18. The summed E-state index contributed by atoms with van der Waals surface area (Å²) in [6.07, 6.45) is 4.87. The van der Waals surface area contributed by atoms with E-state index in [9.17, 15) is 4.79 Å². The van der Waals surface area contributed by atoms with Gasteiger partial charge < -0.3 is 18.2 Å². The van der Waals surface area contributed by atoms with Crippen molar-refractivity contribution in [3.63, 3.8) is 0 Å². The van der Waals surface area contributed by atoms with Crippen LogP contribution in [0.15, 0.2) is 68.4 Å². The highest BCUT2D eigenvalue weighted by molar-refractivity contribution is 5.77. The molecule has 1 amide bonds. The van der Waals surface area contributed by atoms with Gasteiger partial charge in [-0.1, -0.05) is 0 Å². The molecule has 0 fully saturated rings. The van der Waals surface area contributed by atoms with Gasteiger partial charge in [0.05, 0.1) is 45.0 Å². The van der Waals surface area contributed by atoms with E-state index < -0.39 is 0 Å². The lowest BCUT2D eigenvalue weighted by Gasteiger charge is -2.23. The van der Waals surface area contributed by atoms with Crippen LogP contribution >= 0.6 is 0 Å². The molecular formula is C18H20N2O4. The summed E-state index contributed by atoms with van der Waals surface area (Å²) in [6.45, 7) is 1.78. The smallest absolute Gasteiger partial charge is 0.236 e. The molecule has 0 spiro atoms. The highest BCUT2D eigenvalue weighted by Gasteiger charge is 2.18. The maximum Gasteiger partial charge on any atom is 0.236 e. The summed E-state index contributed by atoms with van der Waals surface area (Å²) >= 11 is 0. The second-order valence-electron chi connectivity index (χ2n) is 5.63. The molecule has 0 saturated heterocycles. The zero-order valence-electron chi connectivity index (χ0n) is 13.6. The molecule has 3 aromatic rings. The number of carbonyl (C=O) groups excluding carboxylic acids is 1. The molecule has 0 saturated carbocycles. The van der Waals surface area contributed by atoms with Gasteiger partial charge in [0.25, 0.3) is 0 Å². The molecule has 6 nitrogen and oxygen atoms in total. The van der Waals surface area contributed by atoms with Crippen LogP contribution in [0.2, 0.25) is 0 Å². The Morgan fingerprint density at radius 2 is 1.29 bits per heavy atom. The maximum atomic E-state index is 12.5. The van der Waals surface area contributed by atoms with Crippen LogP contribution < -0.4 is 0 Å². The molecule has 24 heavy (non-hydrogen) atoms. The number of furan rings is 3. The Morgan fingerprint density at radius 3 is 1.71 bits per heavy atom. The SMILES string of the molecule is CN(Cc1ccco1)C(=O)CN(Cc1ccco1)Cc1ccco1. The third-order valence-corrected chi connectivity index (χ3v) is 3.68. The largest absolute Gasteiger partial charge is 0.468 e. The van der Waals surface area contributed by atoms with Crippen molar-refractivity contribution in [3.05, 3.63) is 72.5 Å². The Morgan fingerprint density at radius 1 is 0.833 bits per heavy atom. The molecule has 3 heterocycles. The van der Waals surface area contributed by atoms with Crippen LogP contribution in [0.25, 0.3) is 0 Å². The number of likely N-dealkylation sites (N-methyl/N-ethyl adjacent to an activating group) is 1. The normalized spacial score (nSPS) is 11.1. The van der Waals surface area contributed by atoms with E-state index in [4.69, 9.17) is 13.3 Å². The van der Waals surface area contributed by atoms with Gasteiger partial charge in [-0.2, -0.15) is 0 Å². The summed E-state index contributed by atoms with van der Waals surface area (Å²) in [5, 5.41) is 0. The van der Waals surface area contributed by atoms with Gasteiger partial charge in [-0.15, -0.1) is 0 Å². The van der Waals surface area contributed by atoms with E-state index in [2.05, 4.69) is 0 Å². The Labute approximate surface area is 140 Å². The molecule has 0 aliphatic heterocycles. The molecular weight excluding hydrogens is 308 g/mol. The zero-order valence-corrected chi connectivity index (χ0v) is 13.6. The van der Waals surface area contributed by atoms with E-state index in [0.29, 0.717) is 19.6 Å². The minimum absolute atomic E-state index is 0.00418. The van der Waals surface area contributed by atoms with Crippen molar-refractivity contribution in [1.82, 2.24) is 9.80 Å². The number of amides is 1. The fraction of sp³-hybridized carbons (Fsp3) is 0.278. The topological polar surface area (TPSA) is 63.0 Å². The highest BCUT2D eigenvalue weighted by Crippen LogP contribution is 2.12. The Bertz CT molecular complexity index is 681. The monoisotopic (exact) mass is 328 g/mol. The van der Waals surface area contributed by atoms with Crippen LogP contribution in [0.5, 0.6) is 0 Å². The highest BCUT2D eigenvalue weighted by atomic mass is 16.3. The lowest BCUT2D eigenvalue weighted by molar-refractivity contribution is -0.132. The van der Waals surface area contributed by atoms with Gasteiger partial charge in [0.15, 0.2) is 0 Å². The van der Waals surface area contributed by atoms with E-state index in [0.717, 1.165) is 17.3 Å². The van der Waals surface area contributed by atoms with Gasteiger partial charge in [-0.3, -0.25) is 9.69 Å². The first kappa shape index (κ1) is 16.1. The van der Waals surface area contributed by atoms with Crippen LogP contribution in [0.4, 0.5) is 0 Å². The summed E-state index contributed by atoms with van der Waals surface area (Å²) in [5.74, 6) is 2.38. The fourth-order valence-corrected chi connectivity index (χ4v) is 2.45. The lowest BCUT2D eigenvalue weighted by atomic mass is 10.3. The molecule has 0 atom stereocenters. The van der Waals surface area contributed by atoms with Crippen LogP contribution in [-0.4, -0.2) is 29.3 Å². The van der Waals surface area contributed by atoms with Gasteiger partial charge in [-0.05, 0) is 36.4 Å². The number of rotatable bonds is 8. The van der Waals surface area contributed by atoms with E-state index in [1.807, 2.05) is 41.3 Å². The van der Waals surface area contributed by atoms with Crippen molar-refractivity contribution >= 4 is 5.91 Å². The number of hydrogen-bond donors (Lipinski definition) is 0. The Balaban J connectivity index is 1.62. The third kappa shape index (κ3) is 4.39. The van der Waals surface area contributed by atoms with Crippen molar-refractivity contribution in [2.75, 3.05) is 13.6 Å². The molecule has 0 radical (unpaired) electrons. The van der Waals surface area contributed by atoms with Gasteiger partial charge in [0, 0.05) is 7.05 Å². The van der Waals surface area contributed by atoms with Crippen LogP contribution in [0, 0.1) is 0 Å². The maximum absolute atomic E-state index is 12.5. The summed E-state index contributed by atoms with van der Waals surface area (Å²) in [5.41, 5.74) is 0. The van der Waals surface area contributed by atoms with Crippen LogP contribution in [0.3, 0.4) is 0 Å². The summed E-state index contributed by atoms with van der Waals surface area (Å²) < 4.78 is 16.1. The number of nitrogens with zero attached hydrogens (tertiary/aromatic N) is 2. The molecule has 3 aromatic heterocycles. The number of carbonyl (C=O) groups is 1.